The first-order chi connectivity index (χ1) is 5.27. The van der Waals surface area contributed by atoms with Crippen molar-refractivity contribution < 1.29 is 0 Å². The smallest absolute Gasteiger partial charge is 0.0971 e. The van der Waals surface area contributed by atoms with Crippen molar-refractivity contribution in [3.63, 3.8) is 0 Å². The Balaban J connectivity index is 1.90. The van der Waals surface area contributed by atoms with Crippen LogP contribution in [-0.2, 0) is 0 Å². The molecule has 0 bridgehead atoms. The van der Waals surface area contributed by atoms with E-state index in [4.69, 9.17) is 5.73 Å². The lowest BCUT2D eigenvalue weighted by Gasteiger charge is -2.30. The van der Waals surface area contributed by atoms with Crippen molar-refractivity contribution >= 4 is 5.84 Å². The van der Waals surface area contributed by atoms with Crippen LogP contribution in [-0.4, -0.2) is 11.9 Å². The molecule has 0 aromatic carbocycles. The average molecular weight is 152 g/mol. The van der Waals surface area contributed by atoms with Crippen molar-refractivity contribution in [2.24, 2.45) is 22.6 Å². The van der Waals surface area contributed by atoms with Gasteiger partial charge in [0.05, 0.1) is 11.9 Å². The Bertz CT molecular complexity index is 182. The summed E-state index contributed by atoms with van der Waals surface area (Å²) < 4.78 is 0. The van der Waals surface area contributed by atoms with Gasteiger partial charge in [-0.3, -0.25) is 4.99 Å². The van der Waals surface area contributed by atoms with E-state index in [1.807, 2.05) is 0 Å². The molecule has 0 heterocycles. The van der Waals surface area contributed by atoms with E-state index in [1.54, 1.807) is 0 Å². The lowest BCUT2D eigenvalue weighted by molar-refractivity contribution is 0.283. The van der Waals surface area contributed by atoms with E-state index in [0.717, 1.165) is 11.8 Å². The summed E-state index contributed by atoms with van der Waals surface area (Å²) in [6.45, 7) is 2.26. The van der Waals surface area contributed by atoms with E-state index < -0.39 is 0 Å². The standard InChI is InChI=1S/C9H16N2/c1-6-2-5-8(6)11-9(10)7-3-4-7/h6-8H,2-5H2,1H3,(H2,10,11). The van der Waals surface area contributed by atoms with Gasteiger partial charge >= 0.3 is 0 Å². The molecule has 0 amide bonds. The van der Waals surface area contributed by atoms with Crippen LogP contribution in [0, 0.1) is 11.8 Å². The number of amidine groups is 1. The Morgan fingerprint density at radius 3 is 2.36 bits per heavy atom. The quantitative estimate of drug-likeness (QED) is 0.473. The summed E-state index contributed by atoms with van der Waals surface area (Å²) in [4.78, 5) is 4.52. The summed E-state index contributed by atoms with van der Waals surface area (Å²) in [7, 11) is 0. The fourth-order valence-electron chi connectivity index (χ4n) is 1.52. The summed E-state index contributed by atoms with van der Waals surface area (Å²) in [5.74, 6) is 2.37. The summed E-state index contributed by atoms with van der Waals surface area (Å²) >= 11 is 0. The van der Waals surface area contributed by atoms with Crippen LogP contribution in [0.15, 0.2) is 4.99 Å². The molecule has 0 spiro atoms. The number of hydrogen-bond acceptors (Lipinski definition) is 1. The molecule has 2 aliphatic rings. The predicted octanol–water partition coefficient (Wildman–Crippen LogP) is 1.55. The molecule has 2 unspecified atom stereocenters. The van der Waals surface area contributed by atoms with E-state index >= 15 is 0 Å². The van der Waals surface area contributed by atoms with Crippen LogP contribution in [0.2, 0.25) is 0 Å². The van der Waals surface area contributed by atoms with Crippen LogP contribution in [0.4, 0.5) is 0 Å². The third-order valence-electron chi connectivity index (χ3n) is 2.89. The van der Waals surface area contributed by atoms with Crippen LogP contribution in [0.5, 0.6) is 0 Å². The van der Waals surface area contributed by atoms with Crippen molar-refractivity contribution in [3.8, 4) is 0 Å². The second-order valence-corrected chi connectivity index (χ2v) is 3.95. The van der Waals surface area contributed by atoms with E-state index in [9.17, 15) is 0 Å². The highest BCUT2D eigenvalue weighted by Gasteiger charge is 2.30. The summed E-state index contributed by atoms with van der Waals surface area (Å²) in [6, 6.07) is 0.565. The number of nitrogens with zero attached hydrogens (tertiary/aromatic N) is 1. The molecule has 0 aromatic rings. The zero-order chi connectivity index (χ0) is 7.84. The first-order valence-corrected chi connectivity index (χ1v) is 4.60. The first-order valence-electron chi connectivity index (χ1n) is 4.60. The monoisotopic (exact) mass is 152 g/mol. The van der Waals surface area contributed by atoms with E-state index in [0.29, 0.717) is 12.0 Å². The average Bonchev–Trinajstić information content (AvgIpc) is 2.78. The minimum Gasteiger partial charge on any atom is -0.387 e. The second-order valence-electron chi connectivity index (χ2n) is 3.95. The molecule has 2 fully saturated rings. The lowest BCUT2D eigenvalue weighted by atomic mass is 9.81. The molecule has 0 saturated heterocycles. The molecule has 2 heteroatoms. The van der Waals surface area contributed by atoms with Crippen molar-refractivity contribution in [2.45, 2.75) is 38.6 Å². The third kappa shape index (κ3) is 1.39. The normalized spacial score (nSPS) is 38.5. The zero-order valence-corrected chi connectivity index (χ0v) is 7.09. The van der Waals surface area contributed by atoms with Gasteiger partial charge in [0.15, 0.2) is 0 Å². The maximum absolute atomic E-state index is 5.80. The fourth-order valence-corrected chi connectivity index (χ4v) is 1.52. The fraction of sp³-hybridized carbons (Fsp3) is 0.889. The van der Waals surface area contributed by atoms with Gasteiger partial charge in [-0.05, 0) is 31.6 Å². The van der Waals surface area contributed by atoms with Crippen LogP contribution in [0.1, 0.15) is 32.6 Å². The van der Waals surface area contributed by atoms with Gasteiger partial charge in [0.25, 0.3) is 0 Å². The van der Waals surface area contributed by atoms with Gasteiger partial charge in [-0.15, -0.1) is 0 Å². The Morgan fingerprint density at radius 1 is 1.27 bits per heavy atom. The first kappa shape index (κ1) is 7.14. The molecule has 2 rings (SSSR count). The molecule has 62 valence electrons. The van der Waals surface area contributed by atoms with Crippen LogP contribution in [0.3, 0.4) is 0 Å². The van der Waals surface area contributed by atoms with Gasteiger partial charge in [-0.1, -0.05) is 6.92 Å². The van der Waals surface area contributed by atoms with Crippen LogP contribution < -0.4 is 5.73 Å². The number of aliphatic imine (C=N–C) groups is 1. The van der Waals surface area contributed by atoms with Crippen LogP contribution in [0.25, 0.3) is 0 Å². The molecule has 2 atom stereocenters. The second kappa shape index (κ2) is 2.50. The Morgan fingerprint density at radius 2 is 2.00 bits per heavy atom. The van der Waals surface area contributed by atoms with Gasteiger partial charge in [-0.25, -0.2) is 0 Å². The molecule has 0 radical (unpaired) electrons. The summed E-state index contributed by atoms with van der Waals surface area (Å²) in [5.41, 5.74) is 5.80. The van der Waals surface area contributed by atoms with Crippen molar-refractivity contribution in [1.82, 2.24) is 0 Å². The number of hydrogen-bond donors (Lipinski definition) is 1. The lowest BCUT2D eigenvalue weighted by Crippen LogP contribution is -2.30. The molecular formula is C9H16N2. The highest BCUT2D eigenvalue weighted by atomic mass is 14.9. The van der Waals surface area contributed by atoms with Gasteiger partial charge < -0.3 is 5.73 Å². The number of nitrogens with two attached hydrogens (primary N) is 1. The summed E-state index contributed by atoms with van der Waals surface area (Å²) in [5, 5.41) is 0. The third-order valence-corrected chi connectivity index (χ3v) is 2.89. The van der Waals surface area contributed by atoms with E-state index in [1.165, 1.54) is 25.7 Å². The SMILES string of the molecule is CC1CCC1N=C(N)C1CC1. The Kier molecular flexibility index (Phi) is 1.63. The van der Waals surface area contributed by atoms with Gasteiger partial charge in [0, 0.05) is 5.92 Å². The minimum absolute atomic E-state index is 0.565. The highest BCUT2D eigenvalue weighted by Crippen LogP contribution is 2.33. The summed E-state index contributed by atoms with van der Waals surface area (Å²) in [6.07, 6.45) is 5.15. The molecule has 2 aliphatic carbocycles. The highest BCUT2D eigenvalue weighted by molar-refractivity contribution is 5.85. The van der Waals surface area contributed by atoms with Crippen LogP contribution >= 0.6 is 0 Å². The van der Waals surface area contributed by atoms with Crippen molar-refractivity contribution in [3.05, 3.63) is 0 Å². The number of rotatable bonds is 2. The molecule has 0 aliphatic heterocycles. The Hall–Kier alpha value is -0.530. The molecule has 0 aromatic heterocycles. The maximum Gasteiger partial charge on any atom is 0.0971 e. The van der Waals surface area contributed by atoms with Crippen molar-refractivity contribution in [2.75, 3.05) is 0 Å². The molecule has 11 heavy (non-hydrogen) atoms. The van der Waals surface area contributed by atoms with Gasteiger partial charge in [-0.2, -0.15) is 0 Å². The Labute approximate surface area is 67.9 Å². The topological polar surface area (TPSA) is 38.4 Å². The molecule has 2 N–H and O–H groups in total. The van der Waals surface area contributed by atoms with Crippen molar-refractivity contribution in [1.29, 1.82) is 0 Å². The van der Waals surface area contributed by atoms with Gasteiger partial charge in [0.2, 0.25) is 0 Å². The largest absolute Gasteiger partial charge is 0.387 e. The molecule has 2 nitrogen and oxygen atoms in total. The van der Waals surface area contributed by atoms with E-state index in [2.05, 4.69) is 11.9 Å². The van der Waals surface area contributed by atoms with E-state index in [-0.39, 0.29) is 0 Å². The maximum atomic E-state index is 5.80. The molecular weight excluding hydrogens is 136 g/mol. The minimum atomic E-state index is 0.565. The van der Waals surface area contributed by atoms with Gasteiger partial charge in [0.1, 0.15) is 0 Å². The predicted molar refractivity (Wildman–Crippen MR) is 46.5 cm³/mol. The zero-order valence-electron chi connectivity index (χ0n) is 7.09. The molecule has 2 saturated carbocycles.